The van der Waals surface area contributed by atoms with Gasteiger partial charge in [0.05, 0.1) is 0 Å². The molecule has 0 spiro atoms. The lowest BCUT2D eigenvalue weighted by Crippen LogP contribution is -2.32. The van der Waals surface area contributed by atoms with Gasteiger partial charge in [0, 0.05) is 12.5 Å². The van der Waals surface area contributed by atoms with Crippen LogP contribution in [-0.4, -0.2) is 17.6 Å². The van der Waals surface area contributed by atoms with Crippen molar-refractivity contribution < 1.29 is 9.90 Å². The quantitative estimate of drug-likeness (QED) is 0.887. The molecule has 3 nitrogen and oxygen atoms in total. The van der Waals surface area contributed by atoms with E-state index in [4.69, 9.17) is 5.11 Å². The normalized spacial score (nSPS) is 23.6. The van der Waals surface area contributed by atoms with Gasteiger partial charge in [-0.25, -0.2) is 0 Å². The van der Waals surface area contributed by atoms with E-state index in [9.17, 15) is 4.79 Å². The van der Waals surface area contributed by atoms with E-state index in [0.29, 0.717) is 0 Å². The topological polar surface area (TPSA) is 49.3 Å². The third-order valence-electron chi connectivity index (χ3n) is 4.13. The van der Waals surface area contributed by atoms with E-state index >= 15 is 0 Å². The Hall–Kier alpha value is -1.35. The molecule has 0 radical (unpaired) electrons. The maximum atomic E-state index is 10.9. The van der Waals surface area contributed by atoms with Crippen LogP contribution in [0.25, 0.3) is 0 Å². The Morgan fingerprint density at radius 1 is 1.40 bits per heavy atom. The summed E-state index contributed by atoms with van der Waals surface area (Å²) in [6.45, 7) is 7.55. The average molecular weight is 275 g/mol. The molecule has 0 aromatic heterocycles. The summed E-state index contributed by atoms with van der Waals surface area (Å²) in [5, 5.41) is 12.5. The molecular weight excluding hydrogens is 250 g/mol. The molecule has 1 heterocycles. The number of carboxylic acid groups (broad SMARTS) is 1. The van der Waals surface area contributed by atoms with E-state index in [0.717, 1.165) is 19.4 Å². The standard InChI is InChI=1S/C17H25NO2/c1-17(2,3)14-6-4-5-13(11-14)15-9-12(7-8-18-15)10-16(19)20/h4-6,11-12,15,18H,7-10H2,1-3H3,(H,19,20). The minimum Gasteiger partial charge on any atom is -0.481 e. The number of piperidine rings is 1. The molecule has 20 heavy (non-hydrogen) atoms. The first-order chi connectivity index (χ1) is 9.36. The number of carbonyl (C=O) groups is 1. The first-order valence-corrected chi connectivity index (χ1v) is 7.42. The maximum Gasteiger partial charge on any atom is 0.303 e. The molecule has 3 heteroatoms. The van der Waals surface area contributed by atoms with Crippen molar-refractivity contribution in [2.24, 2.45) is 5.92 Å². The molecule has 1 aliphatic rings. The molecule has 2 rings (SSSR count). The molecule has 1 fully saturated rings. The van der Waals surface area contributed by atoms with Crippen LogP contribution in [0.2, 0.25) is 0 Å². The minimum absolute atomic E-state index is 0.144. The van der Waals surface area contributed by atoms with E-state index in [2.05, 4.69) is 50.4 Å². The molecule has 2 N–H and O–H groups in total. The highest BCUT2D eigenvalue weighted by molar-refractivity contribution is 5.67. The lowest BCUT2D eigenvalue weighted by atomic mass is 9.82. The minimum atomic E-state index is -0.681. The summed E-state index contributed by atoms with van der Waals surface area (Å²) in [6, 6.07) is 8.98. The van der Waals surface area contributed by atoms with Gasteiger partial charge in [-0.15, -0.1) is 0 Å². The zero-order valence-electron chi connectivity index (χ0n) is 12.6. The molecule has 110 valence electrons. The monoisotopic (exact) mass is 275 g/mol. The van der Waals surface area contributed by atoms with Gasteiger partial charge in [0.15, 0.2) is 0 Å². The number of carboxylic acids is 1. The summed E-state index contributed by atoms with van der Waals surface area (Å²) < 4.78 is 0. The predicted octanol–water partition coefficient (Wildman–Crippen LogP) is 3.50. The lowest BCUT2D eigenvalue weighted by molar-refractivity contribution is -0.138. The van der Waals surface area contributed by atoms with Gasteiger partial charge in [-0.3, -0.25) is 4.79 Å². The van der Waals surface area contributed by atoms with Gasteiger partial charge in [0.2, 0.25) is 0 Å². The molecule has 0 amide bonds. The summed E-state index contributed by atoms with van der Waals surface area (Å²) in [4.78, 5) is 10.9. The Kier molecular flexibility index (Phi) is 4.48. The molecular formula is C17H25NO2. The van der Waals surface area contributed by atoms with E-state index in [1.807, 2.05) is 0 Å². The van der Waals surface area contributed by atoms with Crippen molar-refractivity contribution in [1.82, 2.24) is 5.32 Å². The van der Waals surface area contributed by atoms with Crippen molar-refractivity contribution >= 4 is 5.97 Å². The van der Waals surface area contributed by atoms with Crippen molar-refractivity contribution in [1.29, 1.82) is 0 Å². The molecule has 2 atom stereocenters. The van der Waals surface area contributed by atoms with E-state index in [-0.39, 0.29) is 23.8 Å². The number of hydrogen-bond acceptors (Lipinski definition) is 2. The summed E-state index contributed by atoms with van der Waals surface area (Å²) in [5.41, 5.74) is 2.76. The lowest BCUT2D eigenvalue weighted by Gasteiger charge is -2.31. The van der Waals surface area contributed by atoms with Crippen molar-refractivity contribution in [3.63, 3.8) is 0 Å². The third kappa shape index (κ3) is 3.83. The number of hydrogen-bond donors (Lipinski definition) is 2. The van der Waals surface area contributed by atoms with Crippen LogP contribution in [0, 0.1) is 5.92 Å². The highest BCUT2D eigenvalue weighted by Crippen LogP contribution is 2.31. The summed E-state index contributed by atoms with van der Waals surface area (Å²) in [6.07, 6.45) is 2.17. The van der Waals surface area contributed by atoms with E-state index < -0.39 is 5.97 Å². The van der Waals surface area contributed by atoms with Gasteiger partial charge >= 0.3 is 5.97 Å². The Balaban J connectivity index is 2.13. The highest BCUT2D eigenvalue weighted by Gasteiger charge is 2.25. The fraction of sp³-hybridized carbons (Fsp3) is 0.588. The van der Waals surface area contributed by atoms with Crippen LogP contribution in [-0.2, 0) is 10.2 Å². The second-order valence-corrected chi connectivity index (χ2v) is 6.87. The van der Waals surface area contributed by atoms with Crippen LogP contribution in [0.5, 0.6) is 0 Å². The van der Waals surface area contributed by atoms with Crippen LogP contribution < -0.4 is 5.32 Å². The molecule has 1 saturated heterocycles. The highest BCUT2D eigenvalue weighted by atomic mass is 16.4. The number of nitrogens with one attached hydrogen (secondary N) is 1. The number of benzene rings is 1. The largest absolute Gasteiger partial charge is 0.481 e. The molecule has 1 aliphatic heterocycles. The third-order valence-corrected chi connectivity index (χ3v) is 4.13. The zero-order valence-corrected chi connectivity index (χ0v) is 12.6. The number of aliphatic carboxylic acids is 1. The van der Waals surface area contributed by atoms with Gasteiger partial charge in [-0.05, 0) is 41.8 Å². The molecule has 0 bridgehead atoms. The summed E-state index contributed by atoms with van der Waals surface area (Å²) >= 11 is 0. The van der Waals surface area contributed by atoms with Crippen LogP contribution in [0.15, 0.2) is 24.3 Å². The average Bonchev–Trinajstić information content (AvgIpc) is 2.37. The Bertz CT molecular complexity index is 476. The van der Waals surface area contributed by atoms with Crippen molar-refractivity contribution in [3.05, 3.63) is 35.4 Å². The van der Waals surface area contributed by atoms with Crippen LogP contribution in [0.3, 0.4) is 0 Å². The Morgan fingerprint density at radius 2 is 2.15 bits per heavy atom. The molecule has 1 aromatic carbocycles. The fourth-order valence-corrected chi connectivity index (χ4v) is 2.90. The van der Waals surface area contributed by atoms with E-state index in [1.165, 1.54) is 11.1 Å². The summed E-state index contributed by atoms with van der Waals surface area (Å²) in [5.74, 6) is -0.392. The smallest absolute Gasteiger partial charge is 0.303 e. The predicted molar refractivity (Wildman–Crippen MR) is 80.9 cm³/mol. The fourth-order valence-electron chi connectivity index (χ4n) is 2.90. The zero-order chi connectivity index (χ0) is 14.8. The van der Waals surface area contributed by atoms with Crippen molar-refractivity contribution in [2.75, 3.05) is 6.54 Å². The SMILES string of the molecule is CC(C)(C)c1cccc(C2CC(CC(=O)O)CCN2)c1. The second-order valence-electron chi connectivity index (χ2n) is 6.87. The van der Waals surface area contributed by atoms with Crippen LogP contribution in [0.4, 0.5) is 0 Å². The Labute approximate surface area is 121 Å². The maximum absolute atomic E-state index is 10.9. The molecule has 0 saturated carbocycles. The van der Waals surface area contributed by atoms with Gasteiger partial charge in [-0.1, -0.05) is 45.0 Å². The second kappa shape index (κ2) is 5.96. The van der Waals surface area contributed by atoms with Gasteiger partial charge in [0.1, 0.15) is 0 Å². The summed E-state index contributed by atoms with van der Waals surface area (Å²) in [7, 11) is 0. The van der Waals surface area contributed by atoms with Gasteiger partial charge in [-0.2, -0.15) is 0 Å². The van der Waals surface area contributed by atoms with Crippen molar-refractivity contribution in [3.8, 4) is 0 Å². The van der Waals surface area contributed by atoms with Gasteiger partial charge in [0.25, 0.3) is 0 Å². The van der Waals surface area contributed by atoms with Crippen molar-refractivity contribution in [2.45, 2.75) is 51.5 Å². The molecule has 2 unspecified atom stereocenters. The first-order valence-electron chi connectivity index (χ1n) is 7.42. The number of rotatable bonds is 3. The molecule has 1 aromatic rings. The Morgan fingerprint density at radius 3 is 2.80 bits per heavy atom. The van der Waals surface area contributed by atoms with Gasteiger partial charge < -0.3 is 10.4 Å². The van der Waals surface area contributed by atoms with E-state index in [1.54, 1.807) is 0 Å². The molecule has 0 aliphatic carbocycles. The first kappa shape index (κ1) is 15.0. The van der Waals surface area contributed by atoms with Crippen LogP contribution in [0.1, 0.15) is 57.2 Å². The van der Waals surface area contributed by atoms with Crippen LogP contribution >= 0.6 is 0 Å².